The Morgan fingerprint density at radius 2 is 0.917 bits per heavy atom. The second kappa shape index (κ2) is 30.8. The Hall–Kier alpha value is -3.20. The molecule has 0 aromatic heterocycles. The zero-order chi connectivity index (χ0) is 44.1. The third-order valence-electron chi connectivity index (χ3n) is 10.5. The fourth-order valence-electron chi connectivity index (χ4n) is 6.99. The van der Waals surface area contributed by atoms with Crippen LogP contribution < -0.4 is 9.19 Å². The summed E-state index contributed by atoms with van der Waals surface area (Å²) in [6.45, 7) is 15.6. The fourth-order valence-corrected chi connectivity index (χ4v) is 8.51. The highest BCUT2D eigenvalue weighted by molar-refractivity contribution is 7.92. The molecule has 2 aromatic rings. The predicted molar refractivity (Wildman–Crippen MR) is 246 cm³/mol. The molecule has 2 aromatic carbocycles. The van der Waals surface area contributed by atoms with Gasteiger partial charge in [-0.3, -0.25) is 4.72 Å². The zero-order valence-corrected chi connectivity index (χ0v) is 39.3. The number of esters is 1. The molecule has 0 aliphatic heterocycles. The minimum Gasteiger partial charge on any atom is -0.439 e. The number of carbonyl (C=O) groups is 2. The summed E-state index contributed by atoms with van der Waals surface area (Å²) < 4.78 is 58.0. The van der Waals surface area contributed by atoms with Crippen molar-refractivity contribution in [3.8, 4) is 0 Å². The smallest absolute Gasteiger partial charge is 0.439 e. The molecule has 0 saturated heterocycles. The topological polar surface area (TPSA) is 143 Å². The molecule has 2 rings (SSSR count). The second-order valence-electron chi connectivity index (χ2n) is 16.1. The van der Waals surface area contributed by atoms with Gasteiger partial charge >= 0.3 is 11.9 Å². The van der Waals surface area contributed by atoms with Gasteiger partial charge < -0.3 is 19.4 Å². The molecule has 0 amide bonds. The first-order valence-corrected chi connectivity index (χ1v) is 26.3. The zero-order valence-electron chi connectivity index (χ0n) is 37.6. The summed E-state index contributed by atoms with van der Waals surface area (Å²) in [5, 5.41) is 0. The summed E-state index contributed by atoms with van der Waals surface area (Å²) in [6, 6.07) is 13.5. The summed E-state index contributed by atoms with van der Waals surface area (Å²) in [7, 11) is -8.38. The molecular weight excluding hydrogens is 801 g/mol. The van der Waals surface area contributed by atoms with Crippen LogP contribution in [-0.2, 0) is 52.1 Å². The number of unbranched alkanes of at least 4 members (excludes halogenated alkanes) is 12. The number of nitrogens with zero attached hydrogens (tertiary/aromatic N) is 3. The van der Waals surface area contributed by atoms with E-state index in [-0.39, 0.29) is 11.4 Å². The molecule has 0 saturated carbocycles. The normalized spacial score (nSPS) is 11.9. The van der Waals surface area contributed by atoms with Gasteiger partial charge in [0, 0.05) is 5.69 Å². The Labute approximate surface area is 364 Å². The average Bonchev–Trinajstić information content (AvgIpc) is 3.22. The van der Waals surface area contributed by atoms with E-state index in [0.29, 0.717) is 4.47 Å². The van der Waals surface area contributed by atoms with E-state index >= 15 is 0 Å². The third kappa shape index (κ3) is 23.7. The molecule has 0 heterocycles. The number of sulfonamides is 2. The van der Waals surface area contributed by atoms with Crippen molar-refractivity contribution in [1.82, 2.24) is 9.80 Å². The van der Waals surface area contributed by atoms with Gasteiger partial charge in [0.25, 0.3) is 20.0 Å². The monoisotopic (exact) mass is 879 g/mol. The van der Waals surface area contributed by atoms with Crippen LogP contribution in [0.1, 0.15) is 154 Å². The lowest BCUT2D eigenvalue weighted by molar-refractivity contribution is -0.166. The standard InChI is InChI=1S/C46H78N4O8S2/c1-6-10-14-16-20-36-48(34-12-8-3)38-22-18-24-41-26-30-43(31-27-41)47-60(55,56)40-57-45(51)46(52)58-50(59(5,53)54)44-32-28-42(29-33-44)25-19-23-39-49(35-13-9-4)37-21-17-15-11-7-2/h26-33,47H,6-25,34-40H2,1-5H3. The Bertz CT molecular complexity index is 1670. The molecule has 1 N–H and O–H groups in total. The maximum absolute atomic E-state index is 12.7. The summed E-state index contributed by atoms with van der Waals surface area (Å²) in [5.74, 6) is -4.50. The molecule has 342 valence electrons. The van der Waals surface area contributed by atoms with Gasteiger partial charge in [-0.25, -0.2) is 26.4 Å². The average molecular weight is 879 g/mol. The van der Waals surface area contributed by atoms with Crippen LogP contribution in [0.15, 0.2) is 48.5 Å². The molecule has 60 heavy (non-hydrogen) atoms. The minimum absolute atomic E-state index is 0.0102. The molecule has 0 unspecified atom stereocenters. The maximum atomic E-state index is 12.7. The number of hydrogen-bond acceptors (Lipinski definition) is 10. The van der Waals surface area contributed by atoms with Gasteiger partial charge in [-0.15, -0.1) is 0 Å². The lowest BCUT2D eigenvalue weighted by Crippen LogP contribution is -2.36. The predicted octanol–water partition coefficient (Wildman–Crippen LogP) is 9.64. The first kappa shape index (κ1) is 52.9. The fraction of sp³-hybridized carbons (Fsp3) is 0.696. The van der Waals surface area contributed by atoms with Crippen LogP contribution >= 0.6 is 0 Å². The molecule has 0 radical (unpaired) electrons. The molecule has 0 fully saturated rings. The molecule has 0 aliphatic carbocycles. The maximum Gasteiger partial charge on any atom is 0.442 e. The number of carbonyl (C=O) groups excluding carboxylic acids is 2. The van der Waals surface area contributed by atoms with E-state index in [1.54, 1.807) is 24.3 Å². The number of anilines is 2. The molecule has 0 atom stereocenters. The first-order valence-electron chi connectivity index (χ1n) is 22.8. The second-order valence-corrected chi connectivity index (χ2v) is 19.6. The summed E-state index contributed by atoms with van der Waals surface area (Å²) >= 11 is 0. The van der Waals surface area contributed by atoms with Crippen molar-refractivity contribution in [2.24, 2.45) is 0 Å². The van der Waals surface area contributed by atoms with Crippen molar-refractivity contribution >= 4 is 43.4 Å². The summed E-state index contributed by atoms with van der Waals surface area (Å²) in [4.78, 5) is 35.2. The quantitative estimate of drug-likeness (QED) is 0.0308. The number of aryl methyl sites for hydroxylation is 2. The highest BCUT2D eigenvalue weighted by atomic mass is 32.2. The van der Waals surface area contributed by atoms with Gasteiger partial charge in [0.1, 0.15) is 0 Å². The Balaban J connectivity index is 1.82. The van der Waals surface area contributed by atoms with Crippen molar-refractivity contribution < 1.29 is 36.0 Å². The summed E-state index contributed by atoms with van der Waals surface area (Å²) in [6.07, 6.45) is 24.1. The lowest BCUT2D eigenvalue weighted by Gasteiger charge is -2.22. The SMILES string of the molecule is CCCCCCCN(CCCC)CCCCc1ccc(NS(=O)(=O)COC(=O)C(=O)ON(c2ccc(CCCCN(CCCC)CCCCCCC)cc2)S(C)(=O)=O)cc1. The van der Waals surface area contributed by atoms with E-state index in [2.05, 4.69) is 42.2 Å². The van der Waals surface area contributed by atoms with Crippen molar-refractivity contribution in [3.05, 3.63) is 59.7 Å². The van der Waals surface area contributed by atoms with Gasteiger partial charge in [0.15, 0.2) is 0 Å². The van der Waals surface area contributed by atoms with E-state index in [9.17, 15) is 26.4 Å². The minimum atomic E-state index is -4.21. The van der Waals surface area contributed by atoms with Crippen LogP contribution in [0.4, 0.5) is 11.4 Å². The molecule has 14 heteroatoms. The summed E-state index contributed by atoms with van der Waals surface area (Å²) in [5.41, 5.74) is 2.37. The molecule has 0 spiro atoms. The molecule has 12 nitrogen and oxygen atoms in total. The largest absolute Gasteiger partial charge is 0.442 e. The van der Waals surface area contributed by atoms with Crippen molar-refractivity contribution in [2.45, 2.75) is 156 Å². The van der Waals surface area contributed by atoms with Crippen LogP contribution in [0.3, 0.4) is 0 Å². The third-order valence-corrected chi connectivity index (χ3v) is 12.4. The van der Waals surface area contributed by atoms with E-state index in [1.807, 2.05) is 12.1 Å². The van der Waals surface area contributed by atoms with Gasteiger partial charge in [0.2, 0.25) is 5.94 Å². The Kier molecular flexibility index (Phi) is 27.1. The van der Waals surface area contributed by atoms with E-state index in [4.69, 9.17) is 9.57 Å². The van der Waals surface area contributed by atoms with Crippen LogP contribution in [0.5, 0.6) is 0 Å². The van der Waals surface area contributed by atoms with Crippen molar-refractivity contribution in [2.75, 3.05) is 60.7 Å². The number of hydrogen-bond donors (Lipinski definition) is 1. The van der Waals surface area contributed by atoms with E-state index < -0.39 is 37.9 Å². The van der Waals surface area contributed by atoms with Gasteiger partial charge in [-0.2, -0.15) is 0 Å². The van der Waals surface area contributed by atoms with Crippen LogP contribution in [0, 0.1) is 0 Å². The Morgan fingerprint density at radius 1 is 0.517 bits per heavy atom. The van der Waals surface area contributed by atoms with E-state index in [1.165, 1.54) is 102 Å². The first-order chi connectivity index (χ1) is 28.8. The van der Waals surface area contributed by atoms with Crippen molar-refractivity contribution in [3.63, 3.8) is 0 Å². The van der Waals surface area contributed by atoms with Gasteiger partial charge in [-0.05, 0) is 139 Å². The van der Waals surface area contributed by atoms with Crippen LogP contribution in [-0.4, -0.2) is 90.0 Å². The Morgan fingerprint density at radius 3 is 1.35 bits per heavy atom. The highest BCUT2D eigenvalue weighted by Gasteiger charge is 2.29. The van der Waals surface area contributed by atoms with Crippen molar-refractivity contribution in [1.29, 1.82) is 0 Å². The van der Waals surface area contributed by atoms with E-state index in [0.717, 1.165) is 95.2 Å². The number of ether oxygens (including phenoxy) is 1. The molecular formula is C46H78N4O8S2. The van der Waals surface area contributed by atoms with Crippen LogP contribution in [0.2, 0.25) is 0 Å². The lowest BCUT2D eigenvalue weighted by atomic mass is 10.1. The molecule has 0 aliphatic rings. The highest BCUT2D eigenvalue weighted by Crippen LogP contribution is 2.21. The van der Waals surface area contributed by atoms with Crippen LogP contribution in [0.25, 0.3) is 0 Å². The molecule has 0 bridgehead atoms. The number of rotatable bonds is 35. The van der Waals surface area contributed by atoms with Gasteiger partial charge in [-0.1, -0.05) is 121 Å². The van der Waals surface area contributed by atoms with Gasteiger partial charge in [0.05, 0.1) is 11.9 Å². The number of nitrogens with one attached hydrogen (secondary N) is 1. The number of benzene rings is 2.